The summed E-state index contributed by atoms with van der Waals surface area (Å²) in [6.07, 6.45) is 6.72. The number of piperidine rings is 1. The van der Waals surface area contributed by atoms with Gasteiger partial charge in [0.1, 0.15) is 23.3 Å². The van der Waals surface area contributed by atoms with Crippen molar-refractivity contribution in [2.45, 2.75) is 50.4 Å². The van der Waals surface area contributed by atoms with Crippen molar-refractivity contribution in [2.75, 3.05) is 14.2 Å². The van der Waals surface area contributed by atoms with E-state index in [0.29, 0.717) is 24.3 Å². The van der Waals surface area contributed by atoms with E-state index in [0.717, 1.165) is 41.0 Å². The molecule has 5 rings (SSSR count). The van der Waals surface area contributed by atoms with E-state index < -0.39 is 0 Å². The average Bonchev–Trinajstić information content (AvgIpc) is 3.07. The predicted octanol–water partition coefficient (Wildman–Crippen LogP) is 4.69. The van der Waals surface area contributed by atoms with Gasteiger partial charge < -0.3 is 19.7 Å². The second-order valence-electron chi connectivity index (χ2n) is 9.26. The SMILES string of the molecule is COc1cccc(-c2ccc(C(=O)NCc3cccc(O[C@H]4C[C@H]5CC[C@@H](C4)N5C)c3)nc2)c1. The minimum Gasteiger partial charge on any atom is -0.497 e. The van der Waals surface area contributed by atoms with Crippen LogP contribution in [0.25, 0.3) is 11.1 Å². The number of benzene rings is 2. The Morgan fingerprint density at radius 1 is 1.00 bits per heavy atom. The molecule has 0 unspecified atom stereocenters. The van der Waals surface area contributed by atoms with Crippen molar-refractivity contribution in [1.29, 1.82) is 0 Å². The topological polar surface area (TPSA) is 63.7 Å². The van der Waals surface area contributed by atoms with Gasteiger partial charge in [-0.15, -0.1) is 0 Å². The first-order valence-electron chi connectivity index (χ1n) is 12.0. The summed E-state index contributed by atoms with van der Waals surface area (Å²) < 4.78 is 11.6. The van der Waals surface area contributed by atoms with Gasteiger partial charge in [-0.25, -0.2) is 0 Å². The lowest BCUT2D eigenvalue weighted by atomic mass is 10.0. The lowest BCUT2D eigenvalue weighted by Crippen LogP contribution is -2.43. The summed E-state index contributed by atoms with van der Waals surface area (Å²) in [6, 6.07) is 20.7. The summed E-state index contributed by atoms with van der Waals surface area (Å²) in [7, 11) is 3.88. The third-order valence-electron chi connectivity index (χ3n) is 7.11. The van der Waals surface area contributed by atoms with E-state index in [2.05, 4.69) is 22.2 Å². The van der Waals surface area contributed by atoms with Gasteiger partial charge in [0.05, 0.1) is 7.11 Å². The number of nitrogens with one attached hydrogen (secondary N) is 1. The number of aromatic nitrogens is 1. The van der Waals surface area contributed by atoms with Gasteiger partial charge in [-0.2, -0.15) is 0 Å². The number of fused-ring (bicyclic) bond motifs is 2. The molecular weight excluding hydrogens is 426 g/mol. The van der Waals surface area contributed by atoms with Crippen LogP contribution in [0.5, 0.6) is 11.5 Å². The Kier molecular flexibility index (Phi) is 6.50. The molecule has 6 nitrogen and oxygen atoms in total. The number of rotatable bonds is 7. The molecule has 0 aliphatic carbocycles. The Morgan fingerprint density at radius 2 is 1.76 bits per heavy atom. The Balaban J connectivity index is 1.17. The van der Waals surface area contributed by atoms with Gasteiger partial charge >= 0.3 is 0 Å². The highest BCUT2D eigenvalue weighted by atomic mass is 16.5. The molecule has 2 bridgehead atoms. The number of hydrogen-bond acceptors (Lipinski definition) is 5. The molecule has 3 aromatic rings. The molecule has 2 fully saturated rings. The highest BCUT2D eigenvalue weighted by Crippen LogP contribution is 2.36. The average molecular weight is 458 g/mol. The Bertz CT molecular complexity index is 1130. The van der Waals surface area contributed by atoms with E-state index in [1.165, 1.54) is 12.8 Å². The van der Waals surface area contributed by atoms with Gasteiger partial charge in [0, 0.05) is 30.4 Å². The monoisotopic (exact) mass is 457 g/mol. The van der Waals surface area contributed by atoms with Crippen LogP contribution in [0.3, 0.4) is 0 Å². The Hall–Kier alpha value is -3.38. The number of carbonyl (C=O) groups is 1. The molecule has 2 aliphatic heterocycles. The van der Waals surface area contributed by atoms with Crippen LogP contribution in [0, 0.1) is 0 Å². The van der Waals surface area contributed by atoms with Crippen LogP contribution < -0.4 is 14.8 Å². The Labute approximate surface area is 200 Å². The second-order valence-corrected chi connectivity index (χ2v) is 9.26. The molecule has 1 N–H and O–H groups in total. The third-order valence-corrected chi connectivity index (χ3v) is 7.11. The van der Waals surface area contributed by atoms with Gasteiger partial charge in [-0.1, -0.05) is 30.3 Å². The molecule has 1 aromatic heterocycles. The van der Waals surface area contributed by atoms with Gasteiger partial charge in [-0.3, -0.25) is 9.78 Å². The van der Waals surface area contributed by atoms with Crippen molar-refractivity contribution in [3.05, 3.63) is 78.1 Å². The maximum absolute atomic E-state index is 12.6. The number of carbonyl (C=O) groups excluding carboxylic acids is 1. The summed E-state index contributed by atoms with van der Waals surface area (Å²) in [5.74, 6) is 1.46. The summed E-state index contributed by atoms with van der Waals surface area (Å²) in [6.45, 7) is 0.425. The smallest absolute Gasteiger partial charge is 0.270 e. The zero-order valence-corrected chi connectivity index (χ0v) is 19.7. The number of ether oxygens (including phenoxy) is 2. The van der Waals surface area contributed by atoms with Crippen molar-refractivity contribution in [3.8, 4) is 22.6 Å². The van der Waals surface area contributed by atoms with Crippen LogP contribution in [0.4, 0.5) is 0 Å². The van der Waals surface area contributed by atoms with Crippen LogP contribution in [-0.2, 0) is 6.54 Å². The fraction of sp³-hybridized carbons (Fsp3) is 0.357. The highest BCUT2D eigenvalue weighted by Gasteiger charge is 2.39. The number of hydrogen-bond donors (Lipinski definition) is 1. The highest BCUT2D eigenvalue weighted by molar-refractivity contribution is 5.92. The zero-order chi connectivity index (χ0) is 23.5. The van der Waals surface area contributed by atoms with Crippen molar-refractivity contribution in [2.24, 2.45) is 0 Å². The first kappa shape index (κ1) is 22.4. The van der Waals surface area contributed by atoms with Gasteiger partial charge in [0.25, 0.3) is 5.91 Å². The molecule has 34 heavy (non-hydrogen) atoms. The summed E-state index contributed by atoms with van der Waals surface area (Å²) in [5.41, 5.74) is 3.33. The lowest BCUT2D eigenvalue weighted by molar-refractivity contribution is 0.0661. The van der Waals surface area contributed by atoms with Crippen molar-refractivity contribution < 1.29 is 14.3 Å². The van der Waals surface area contributed by atoms with E-state index in [1.54, 1.807) is 19.4 Å². The second kappa shape index (κ2) is 9.85. The van der Waals surface area contributed by atoms with Crippen LogP contribution in [-0.4, -0.2) is 48.1 Å². The van der Waals surface area contributed by atoms with E-state index in [-0.39, 0.29) is 12.0 Å². The number of nitrogens with zero attached hydrogens (tertiary/aromatic N) is 2. The Morgan fingerprint density at radius 3 is 2.50 bits per heavy atom. The largest absolute Gasteiger partial charge is 0.497 e. The molecule has 0 saturated carbocycles. The maximum Gasteiger partial charge on any atom is 0.270 e. The van der Waals surface area contributed by atoms with Crippen LogP contribution in [0.2, 0.25) is 0 Å². The van der Waals surface area contributed by atoms with E-state index >= 15 is 0 Å². The summed E-state index contributed by atoms with van der Waals surface area (Å²) in [4.78, 5) is 19.5. The standard InChI is InChI=1S/C28H31N3O3/c1-31-22-10-11-23(31)16-26(15-22)34-25-8-3-5-19(13-25)17-30-28(32)27-12-9-21(18-29-27)20-6-4-7-24(14-20)33-2/h3-9,12-14,18,22-23,26H,10-11,15-17H2,1-2H3,(H,30,32)/t22-,23+,26+. The van der Waals surface area contributed by atoms with E-state index in [1.807, 2.05) is 54.6 Å². The molecule has 0 radical (unpaired) electrons. The van der Waals surface area contributed by atoms with E-state index in [4.69, 9.17) is 9.47 Å². The predicted molar refractivity (Wildman–Crippen MR) is 132 cm³/mol. The van der Waals surface area contributed by atoms with Crippen molar-refractivity contribution in [1.82, 2.24) is 15.2 Å². The fourth-order valence-electron chi connectivity index (χ4n) is 5.15. The molecule has 3 atom stereocenters. The van der Waals surface area contributed by atoms with Gasteiger partial charge in [0.2, 0.25) is 0 Å². The molecule has 2 aliphatic rings. The molecule has 3 heterocycles. The normalized spacial score (nSPS) is 21.8. The molecule has 0 spiro atoms. The number of pyridine rings is 1. The molecule has 6 heteroatoms. The van der Waals surface area contributed by atoms with Crippen LogP contribution >= 0.6 is 0 Å². The molecule has 176 valence electrons. The lowest BCUT2D eigenvalue weighted by Gasteiger charge is -2.36. The minimum atomic E-state index is -0.199. The van der Waals surface area contributed by atoms with Gasteiger partial charge in [-0.05, 0) is 74.2 Å². The summed E-state index contributed by atoms with van der Waals surface area (Å²) >= 11 is 0. The molecule has 2 saturated heterocycles. The van der Waals surface area contributed by atoms with Crippen LogP contribution in [0.15, 0.2) is 66.9 Å². The van der Waals surface area contributed by atoms with E-state index in [9.17, 15) is 4.79 Å². The zero-order valence-electron chi connectivity index (χ0n) is 19.7. The number of amides is 1. The van der Waals surface area contributed by atoms with Crippen LogP contribution in [0.1, 0.15) is 41.7 Å². The van der Waals surface area contributed by atoms with Crippen molar-refractivity contribution >= 4 is 5.91 Å². The molecule has 2 aromatic carbocycles. The minimum absolute atomic E-state index is 0.199. The first-order chi connectivity index (χ1) is 16.6. The third kappa shape index (κ3) is 4.92. The van der Waals surface area contributed by atoms with Gasteiger partial charge in [0.15, 0.2) is 0 Å². The van der Waals surface area contributed by atoms with Crippen molar-refractivity contribution in [3.63, 3.8) is 0 Å². The fourth-order valence-corrected chi connectivity index (χ4v) is 5.15. The molecule has 1 amide bonds. The molecular formula is C28H31N3O3. The quantitative estimate of drug-likeness (QED) is 0.558. The summed E-state index contributed by atoms with van der Waals surface area (Å²) in [5, 5.41) is 2.97. The number of methoxy groups -OCH3 is 1. The first-order valence-corrected chi connectivity index (χ1v) is 12.0. The maximum atomic E-state index is 12.6.